The minimum absolute atomic E-state index is 0.0942. The van der Waals surface area contributed by atoms with Gasteiger partial charge >= 0.3 is 0 Å². The number of hydrogen-bond acceptors (Lipinski definition) is 4. The van der Waals surface area contributed by atoms with Crippen molar-refractivity contribution in [1.29, 1.82) is 5.26 Å². The van der Waals surface area contributed by atoms with Crippen LogP contribution in [-0.2, 0) is 11.3 Å². The molecule has 0 spiro atoms. The Morgan fingerprint density at radius 1 is 1.32 bits per heavy atom. The second kappa shape index (κ2) is 6.71. The van der Waals surface area contributed by atoms with Crippen molar-refractivity contribution in [3.63, 3.8) is 0 Å². The van der Waals surface area contributed by atoms with Crippen LogP contribution in [0.25, 0.3) is 10.9 Å². The lowest BCUT2D eigenvalue weighted by molar-refractivity contribution is -0.116. The Labute approximate surface area is 146 Å². The third-order valence-electron chi connectivity index (χ3n) is 3.47. The van der Waals surface area contributed by atoms with E-state index >= 15 is 0 Å². The highest BCUT2D eigenvalue weighted by molar-refractivity contribution is 6.32. The van der Waals surface area contributed by atoms with Gasteiger partial charge in [-0.15, -0.1) is 0 Å². The second-order valence-electron chi connectivity index (χ2n) is 5.19. The molecule has 6 nitrogen and oxygen atoms in total. The lowest BCUT2D eigenvalue weighted by atomic mass is 10.2. The summed E-state index contributed by atoms with van der Waals surface area (Å²) in [5.74, 6) is -1.04. The van der Waals surface area contributed by atoms with Gasteiger partial charge in [-0.2, -0.15) is 5.26 Å². The molecule has 3 aromatic rings. The van der Waals surface area contributed by atoms with Gasteiger partial charge in [-0.25, -0.2) is 9.37 Å². The molecule has 2 aromatic carbocycles. The Balaban J connectivity index is 1.83. The van der Waals surface area contributed by atoms with Crippen LogP contribution in [0, 0.1) is 17.1 Å². The van der Waals surface area contributed by atoms with Gasteiger partial charge in [0.2, 0.25) is 5.91 Å². The molecule has 25 heavy (non-hydrogen) atoms. The summed E-state index contributed by atoms with van der Waals surface area (Å²) < 4.78 is 14.4. The molecule has 0 aliphatic carbocycles. The second-order valence-corrected chi connectivity index (χ2v) is 5.60. The molecule has 1 aromatic heterocycles. The minimum atomic E-state index is -0.555. The van der Waals surface area contributed by atoms with E-state index in [9.17, 15) is 14.0 Å². The summed E-state index contributed by atoms with van der Waals surface area (Å²) in [5.41, 5.74) is 0.512. The molecule has 1 amide bonds. The minimum Gasteiger partial charge on any atom is -0.324 e. The first-order valence-electron chi connectivity index (χ1n) is 7.12. The first kappa shape index (κ1) is 16.6. The normalized spacial score (nSPS) is 10.4. The van der Waals surface area contributed by atoms with Crippen molar-refractivity contribution in [2.45, 2.75) is 6.54 Å². The summed E-state index contributed by atoms with van der Waals surface area (Å²) in [7, 11) is 0. The number of nitrogens with zero attached hydrogens (tertiary/aromatic N) is 3. The van der Waals surface area contributed by atoms with Gasteiger partial charge in [0.25, 0.3) is 5.56 Å². The number of nitrogens with one attached hydrogen (secondary N) is 1. The molecule has 1 N–H and O–H groups in total. The Morgan fingerprint density at radius 3 is 2.84 bits per heavy atom. The van der Waals surface area contributed by atoms with E-state index < -0.39 is 17.3 Å². The Morgan fingerprint density at radius 2 is 2.12 bits per heavy atom. The fourth-order valence-electron chi connectivity index (χ4n) is 2.28. The van der Waals surface area contributed by atoms with Crippen molar-refractivity contribution in [2.24, 2.45) is 0 Å². The Bertz CT molecular complexity index is 1090. The number of carbonyl (C=O) groups is 1. The molecule has 0 radical (unpaired) electrons. The molecule has 124 valence electrons. The average molecular weight is 357 g/mol. The molecule has 8 heteroatoms. The smallest absolute Gasteiger partial charge is 0.261 e. The zero-order valence-corrected chi connectivity index (χ0v) is 13.4. The third-order valence-corrected chi connectivity index (χ3v) is 3.79. The first-order chi connectivity index (χ1) is 12.0. The van der Waals surface area contributed by atoms with Crippen molar-refractivity contribution >= 4 is 34.1 Å². The number of amides is 1. The SMILES string of the molecule is N#Cc1ccc(NC(=O)Cn2cnc3ccc(F)cc3c2=O)cc1Cl. The Kier molecular flexibility index (Phi) is 4.46. The first-order valence-corrected chi connectivity index (χ1v) is 7.50. The number of fused-ring (bicyclic) bond motifs is 1. The topological polar surface area (TPSA) is 87.8 Å². The summed E-state index contributed by atoms with van der Waals surface area (Å²) in [6.07, 6.45) is 1.23. The molecule has 0 saturated heterocycles. The monoisotopic (exact) mass is 356 g/mol. The maximum absolute atomic E-state index is 13.3. The number of carbonyl (C=O) groups excluding carboxylic acids is 1. The van der Waals surface area contributed by atoms with E-state index in [4.69, 9.17) is 16.9 Å². The number of halogens is 2. The van der Waals surface area contributed by atoms with Crippen molar-refractivity contribution in [3.05, 3.63) is 69.5 Å². The number of hydrogen-bond donors (Lipinski definition) is 1. The fraction of sp³-hybridized carbons (Fsp3) is 0.0588. The van der Waals surface area contributed by atoms with E-state index in [-0.39, 0.29) is 22.5 Å². The predicted molar refractivity (Wildman–Crippen MR) is 90.8 cm³/mol. The summed E-state index contributed by atoms with van der Waals surface area (Å²) in [5, 5.41) is 11.7. The zero-order valence-electron chi connectivity index (χ0n) is 12.7. The quantitative estimate of drug-likeness (QED) is 0.781. The van der Waals surface area contributed by atoms with E-state index in [1.807, 2.05) is 6.07 Å². The van der Waals surface area contributed by atoms with Crippen LogP contribution in [0.4, 0.5) is 10.1 Å². The van der Waals surface area contributed by atoms with E-state index in [2.05, 4.69) is 10.3 Å². The van der Waals surface area contributed by atoms with Crippen LogP contribution in [-0.4, -0.2) is 15.5 Å². The van der Waals surface area contributed by atoms with Crippen LogP contribution in [0.3, 0.4) is 0 Å². The molecule has 0 aliphatic rings. The van der Waals surface area contributed by atoms with Crippen molar-refractivity contribution in [2.75, 3.05) is 5.32 Å². The highest BCUT2D eigenvalue weighted by Gasteiger charge is 2.10. The predicted octanol–water partition coefficient (Wildman–Crippen LogP) is 2.70. The largest absolute Gasteiger partial charge is 0.324 e. The Hall–Kier alpha value is -3.24. The molecule has 3 rings (SSSR count). The summed E-state index contributed by atoms with van der Waals surface area (Å²) in [4.78, 5) is 28.5. The van der Waals surface area contributed by atoms with Crippen LogP contribution >= 0.6 is 11.6 Å². The van der Waals surface area contributed by atoms with E-state index in [1.165, 1.54) is 36.7 Å². The molecule has 0 atom stereocenters. The summed E-state index contributed by atoms with van der Waals surface area (Å²) in [6.45, 7) is -0.296. The van der Waals surface area contributed by atoms with Gasteiger partial charge in [0.1, 0.15) is 18.4 Å². The lowest BCUT2D eigenvalue weighted by Crippen LogP contribution is -2.28. The van der Waals surface area contributed by atoms with Gasteiger partial charge in [0, 0.05) is 5.69 Å². The van der Waals surface area contributed by atoms with Gasteiger partial charge in [0.05, 0.1) is 27.8 Å². The van der Waals surface area contributed by atoms with Crippen LogP contribution in [0.5, 0.6) is 0 Å². The van der Waals surface area contributed by atoms with E-state index in [1.54, 1.807) is 0 Å². The number of benzene rings is 2. The van der Waals surface area contributed by atoms with Gasteiger partial charge in [-0.3, -0.25) is 14.2 Å². The molecule has 0 fully saturated rings. The zero-order chi connectivity index (χ0) is 18.0. The average Bonchev–Trinajstić information content (AvgIpc) is 2.58. The molecule has 0 aliphatic heterocycles. The molecule has 0 unspecified atom stereocenters. The lowest BCUT2D eigenvalue weighted by Gasteiger charge is -2.08. The van der Waals surface area contributed by atoms with Crippen LogP contribution in [0.2, 0.25) is 5.02 Å². The standard InChI is InChI=1S/C17H10ClFN4O2/c18-14-6-12(3-1-10(14)7-20)22-16(24)8-23-9-21-15-4-2-11(19)5-13(15)17(23)25/h1-6,9H,8H2,(H,22,24). The number of aromatic nitrogens is 2. The van der Waals surface area contributed by atoms with Gasteiger partial charge < -0.3 is 5.32 Å². The maximum Gasteiger partial charge on any atom is 0.261 e. The van der Waals surface area contributed by atoms with Crippen LogP contribution < -0.4 is 10.9 Å². The third kappa shape index (κ3) is 3.49. The summed E-state index contributed by atoms with van der Waals surface area (Å²) in [6, 6.07) is 10.0. The van der Waals surface area contributed by atoms with Crippen LogP contribution in [0.15, 0.2) is 47.5 Å². The van der Waals surface area contributed by atoms with Crippen molar-refractivity contribution in [3.8, 4) is 6.07 Å². The maximum atomic E-state index is 13.3. The fourth-order valence-corrected chi connectivity index (χ4v) is 2.51. The molecular weight excluding hydrogens is 347 g/mol. The highest BCUT2D eigenvalue weighted by Crippen LogP contribution is 2.20. The highest BCUT2D eigenvalue weighted by atomic mass is 35.5. The molecule has 0 saturated carbocycles. The molecule has 0 bridgehead atoms. The molecule has 1 heterocycles. The molecular formula is C17H10ClFN4O2. The summed E-state index contributed by atoms with van der Waals surface area (Å²) >= 11 is 5.90. The van der Waals surface area contributed by atoms with Gasteiger partial charge in [0.15, 0.2) is 0 Å². The van der Waals surface area contributed by atoms with Crippen molar-refractivity contribution in [1.82, 2.24) is 9.55 Å². The van der Waals surface area contributed by atoms with Gasteiger partial charge in [-0.1, -0.05) is 11.6 Å². The number of nitriles is 1. The van der Waals surface area contributed by atoms with E-state index in [0.29, 0.717) is 11.2 Å². The van der Waals surface area contributed by atoms with E-state index in [0.717, 1.165) is 10.6 Å². The number of rotatable bonds is 3. The van der Waals surface area contributed by atoms with Gasteiger partial charge in [-0.05, 0) is 36.4 Å². The number of anilines is 1. The van der Waals surface area contributed by atoms with Crippen molar-refractivity contribution < 1.29 is 9.18 Å². The van der Waals surface area contributed by atoms with Crippen LogP contribution in [0.1, 0.15) is 5.56 Å².